The van der Waals surface area contributed by atoms with E-state index in [2.05, 4.69) is 10.3 Å². The molecule has 1 aromatic carbocycles. The Morgan fingerprint density at radius 1 is 1.41 bits per heavy atom. The molecular formula is C20H22N4O5. The molecule has 152 valence electrons. The number of phenolic OH excluding ortho intramolecular Hbond substituents is 1. The maximum Gasteiger partial charge on any atom is 0.359 e. The van der Waals surface area contributed by atoms with Crippen molar-refractivity contribution in [3.8, 4) is 11.8 Å². The highest BCUT2D eigenvalue weighted by Crippen LogP contribution is 2.16. The van der Waals surface area contributed by atoms with Gasteiger partial charge in [0.25, 0.3) is 0 Å². The molecule has 0 saturated heterocycles. The number of nitriles is 1. The van der Waals surface area contributed by atoms with E-state index in [9.17, 15) is 20.0 Å². The molecule has 9 heteroatoms. The van der Waals surface area contributed by atoms with Gasteiger partial charge in [0.05, 0.1) is 6.61 Å². The molecule has 2 N–H and O–H groups in total. The quantitative estimate of drug-likeness (QED) is 0.639. The highest BCUT2D eigenvalue weighted by atomic mass is 16.5. The van der Waals surface area contributed by atoms with Crippen molar-refractivity contribution in [2.45, 2.75) is 19.4 Å². The molecule has 0 saturated carbocycles. The molecule has 9 nitrogen and oxygen atoms in total. The van der Waals surface area contributed by atoms with Gasteiger partial charge in [-0.15, -0.1) is 0 Å². The highest BCUT2D eigenvalue weighted by molar-refractivity contribution is 5.80. The van der Waals surface area contributed by atoms with Crippen LogP contribution in [0.2, 0.25) is 0 Å². The topological polar surface area (TPSA) is 129 Å². The Kier molecular flexibility index (Phi) is 7.37. The minimum absolute atomic E-state index is 0.0163. The normalized spacial score (nSPS) is 11.7. The largest absolute Gasteiger partial charge is 0.508 e. The number of carbonyl (C=O) groups is 1. The van der Waals surface area contributed by atoms with Gasteiger partial charge in [0.1, 0.15) is 17.9 Å². The molecule has 1 atom stereocenters. The van der Waals surface area contributed by atoms with Gasteiger partial charge in [0, 0.05) is 32.8 Å². The van der Waals surface area contributed by atoms with E-state index in [0.717, 1.165) is 5.56 Å². The molecule has 1 heterocycles. The predicted octanol–water partition coefficient (Wildman–Crippen LogP) is 1.73. The van der Waals surface area contributed by atoms with Gasteiger partial charge in [-0.1, -0.05) is 12.1 Å². The number of rotatable bonds is 8. The predicted molar refractivity (Wildman–Crippen MR) is 106 cm³/mol. The van der Waals surface area contributed by atoms with E-state index in [0.29, 0.717) is 0 Å². The number of aromatic hydroxyl groups is 1. The molecule has 2 rings (SSSR count). The lowest BCUT2D eigenvalue weighted by Gasteiger charge is -2.18. The van der Waals surface area contributed by atoms with Crippen LogP contribution in [0, 0.1) is 11.3 Å². The number of phenols is 1. The number of nitrogens with one attached hydrogen (secondary N) is 1. The molecule has 2 aromatic rings. The number of ether oxygens (including phenoxy) is 1. The highest BCUT2D eigenvalue weighted by Gasteiger charge is 2.24. The van der Waals surface area contributed by atoms with Crippen molar-refractivity contribution in [3.05, 3.63) is 57.9 Å². The van der Waals surface area contributed by atoms with Crippen molar-refractivity contribution in [1.29, 1.82) is 5.26 Å². The number of esters is 1. The maximum atomic E-state index is 12.4. The lowest BCUT2D eigenvalue weighted by atomic mass is 10.1. The van der Waals surface area contributed by atoms with Gasteiger partial charge >= 0.3 is 11.6 Å². The van der Waals surface area contributed by atoms with Crippen molar-refractivity contribution in [2.75, 3.05) is 26.0 Å². The average Bonchev–Trinajstić information content (AvgIpc) is 2.67. The summed E-state index contributed by atoms with van der Waals surface area (Å²) in [6.45, 7) is 1.84. The third kappa shape index (κ3) is 6.10. The van der Waals surface area contributed by atoms with Crippen LogP contribution in [-0.4, -0.2) is 47.7 Å². The van der Waals surface area contributed by atoms with Gasteiger partial charge in [-0.3, -0.25) is 0 Å². The second kappa shape index (κ2) is 9.94. The van der Waals surface area contributed by atoms with Gasteiger partial charge in [-0.25, -0.2) is 9.59 Å². The molecule has 1 unspecified atom stereocenters. The van der Waals surface area contributed by atoms with Crippen LogP contribution in [0.3, 0.4) is 0 Å². The van der Waals surface area contributed by atoms with Crippen LogP contribution in [0.1, 0.15) is 23.9 Å². The summed E-state index contributed by atoms with van der Waals surface area (Å²) in [6, 6.07) is 7.16. The zero-order valence-corrected chi connectivity index (χ0v) is 16.4. The first-order valence-corrected chi connectivity index (χ1v) is 8.85. The maximum absolute atomic E-state index is 12.4. The Bertz CT molecular complexity index is 974. The fourth-order valence-electron chi connectivity index (χ4n) is 2.39. The Morgan fingerprint density at radius 2 is 2.10 bits per heavy atom. The number of hydrogen-bond acceptors (Lipinski definition) is 9. The third-order valence-corrected chi connectivity index (χ3v) is 3.75. The smallest absolute Gasteiger partial charge is 0.359 e. The first-order chi connectivity index (χ1) is 13.8. The summed E-state index contributed by atoms with van der Waals surface area (Å²) in [5.41, 5.74) is -0.467. The monoisotopic (exact) mass is 398 g/mol. The number of aromatic nitrogens is 1. The van der Waals surface area contributed by atoms with Crippen LogP contribution in [-0.2, 0) is 16.0 Å². The van der Waals surface area contributed by atoms with Gasteiger partial charge in [-0.2, -0.15) is 10.2 Å². The summed E-state index contributed by atoms with van der Waals surface area (Å²) >= 11 is 0. The Hall–Kier alpha value is -3.80. The summed E-state index contributed by atoms with van der Waals surface area (Å²) in [4.78, 5) is 30.5. The molecular weight excluding hydrogens is 376 g/mol. The van der Waals surface area contributed by atoms with Crippen LogP contribution in [0.4, 0.5) is 5.82 Å². The third-order valence-electron chi connectivity index (χ3n) is 3.75. The molecule has 0 amide bonds. The van der Waals surface area contributed by atoms with Crippen molar-refractivity contribution >= 4 is 17.9 Å². The van der Waals surface area contributed by atoms with E-state index >= 15 is 0 Å². The van der Waals surface area contributed by atoms with E-state index in [1.165, 1.54) is 18.2 Å². The molecule has 1 aromatic heterocycles. The van der Waals surface area contributed by atoms with Crippen LogP contribution < -0.4 is 10.9 Å². The summed E-state index contributed by atoms with van der Waals surface area (Å²) in [7, 11) is 3.57. The summed E-state index contributed by atoms with van der Waals surface area (Å²) in [6.07, 6.45) is 3.28. The minimum Gasteiger partial charge on any atom is -0.508 e. The van der Waals surface area contributed by atoms with Crippen molar-refractivity contribution in [1.82, 2.24) is 9.88 Å². The molecule has 0 aliphatic carbocycles. The number of carbonyl (C=O) groups excluding carboxylic acids is 1. The van der Waals surface area contributed by atoms with Crippen LogP contribution in [0.15, 0.2) is 39.7 Å². The van der Waals surface area contributed by atoms with E-state index in [4.69, 9.17) is 9.15 Å². The second-order valence-electron chi connectivity index (χ2n) is 6.27. The van der Waals surface area contributed by atoms with Crippen LogP contribution in [0.5, 0.6) is 5.75 Å². The van der Waals surface area contributed by atoms with Crippen LogP contribution >= 0.6 is 0 Å². The fraction of sp³-hybridized carbons (Fsp3) is 0.300. The van der Waals surface area contributed by atoms with Crippen molar-refractivity contribution < 1.29 is 19.1 Å². The number of benzene rings is 1. The van der Waals surface area contributed by atoms with Gasteiger partial charge in [0.2, 0.25) is 5.89 Å². The molecule has 0 bridgehead atoms. The first-order valence-electron chi connectivity index (χ1n) is 8.85. The Morgan fingerprint density at radius 3 is 2.69 bits per heavy atom. The molecule has 0 spiro atoms. The van der Waals surface area contributed by atoms with E-state index in [1.54, 1.807) is 50.3 Å². The van der Waals surface area contributed by atoms with Crippen molar-refractivity contribution in [3.63, 3.8) is 0 Å². The second-order valence-corrected chi connectivity index (χ2v) is 6.27. The number of nitrogens with zero attached hydrogens (tertiary/aromatic N) is 3. The van der Waals surface area contributed by atoms with E-state index in [1.807, 2.05) is 0 Å². The average molecular weight is 398 g/mol. The molecule has 29 heavy (non-hydrogen) atoms. The summed E-state index contributed by atoms with van der Waals surface area (Å²) in [5.74, 6) is -0.554. The first kappa shape index (κ1) is 21.5. The lowest BCUT2D eigenvalue weighted by molar-refractivity contribution is -0.144. The van der Waals surface area contributed by atoms with Gasteiger partial charge in [0.15, 0.2) is 11.4 Å². The van der Waals surface area contributed by atoms with E-state index in [-0.39, 0.29) is 36.0 Å². The lowest BCUT2D eigenvalue weighted by Crippen LogP contribution is -2.35. The molecule has 0 aliphatic rings. The zero-order chi connectivity index (χ0) is 21.4. The Labute approximate surface area is 167 Å². The molecule has 0 radical (unpaired) electrons. The number of anilines is 1. The summed E-state index contributed by atoms with van der Waals surface area (Å²) in [5, 5.41) is 21.6. The van der Waals surface area contributed by atoms with Gasteiger partial charge < -0.3 is 24.5 Å². The SMILES string of the molecule is CCOC(=O)C(Cc1ccc(O)cc1)Nc1nc(/C=C\N(C)C)oc(=O)c1C#N. The summed E-state index contributed by atoms with van der Waals surface area (Å²) < 4.78 is 10.1. The standard InChI is InChI=1S/C20H22N4O5/c1-4-28-20(27)16(11-13-5-7-14(25)8-6-13)22-18-15(12-21)19(26)29-17(23-18)9-10-24(2)3/h5-10,16,22,25H,4,11H2,1-3H3/b10-9-. The zero-order valence-electron chi connectivity index (χ0n) is 16.4. The number of hydrogen-bond donors (Lipinski definition) is 2. The van der Waals surface area contributed by atoms with Gasteiger partial charge in [-0.05, 0) is 24.6 Å². The minimum atomic E-state index is -0.911. The Balaban J connectivity index is 2.40. The fourth-order valence-corrected chi connectivity index (χ4v) is 2.39. The van der Waals surface area contributed by atoms with Crippen LogP contribution in [0.25, 0.3) is 6.08 Å². The van der Waals surface area contributed by atoms with E-state index < -0.39 is 17.6 Å². The molecule has 0 fully saturated rings. The van der Waals surface area contributed by atoms with Crippen molar-refractivity contribution in [2.24, 2.45) is 0 Å². The molecule has 0 aliphatic heterocycles.